The molecule has 0 aliphatic heterocycles. The number of nitro groups is 1. The first kappa shape index (κ1) is 25.9. The van der Waals surface area contributed by atoms with Crippen LogP contribution in [0.2, 0.25) is 0 Å². The second kappa shape index (κ2) is 11.8. The van der Waals surface area contributed by atoms with Gasteiger partial charge < -0.3 is 5.32 Å². The largest absolute Gasteiger partial charge is 0.348 e. The van der Waals surface area contributed by atoms with Gasteiger partial charge in [0.15, 0.2) is 0 Å². The summed E-state index contributed by atoms with van der Waals surface area (Å²) >= 11 is 3.09. The highest BCUT2D eigenvalue weighted by Gasteiger charge is 2.25. The third-order valence-electron chi connectivity index (χ3n) is 6.45. The van der Waals surface area contributed by atoms with E-state index in [1.165, 1.54) is 28.3 Å². The van der Waals surface area contributed by atoms with Crippen molar-refractivity contribution in [3.05, 3.63) is 116 Å². The molecule has 0 saturated heterocycles. The highest BCUT2D eigenvalue weighted by atomic mass is 32.2. The Morgan fingerprint density at radius 1 is 1.08 bits per heavy atom. The predicted molar refractivity (Wildman–Crippen MR) is 154 cm³/mol. The van der Waals surface area contributed by atoms with Gasteiger partial charge in [0.25, 0.3) is 11.6 Å². The van der Waals surface area contributed by atoms with E-state index < -0.39 is 4.92 Å². The van der Waals surface area contributed by atoms with E-state index >= 15 is 0 Å². The Morgan fingerprint density at radius 2 is 1.84 bits per heavy atom. The standard InChI is InChI=1S/C30H27N3O3S2/c1-20-11-14-24(15-12-20)37-26-16-13-23(33(35)36)17-22(26)19-32-30-28(25-9-5-6-10-27(25)38-30)29(34)31-18-21-7-3-2-4-8-21/h2-4,7-8,11-17,19H,5-6,9-10,18H2,1H3,(H,31,34). The van der Waals surface area contributed by atoms with E-state index in [1.807, 2.05) is 61.5 Å². The van der Waals surface area contributed by atoms with Gasteiger partial charge in [0.05, 0.1) is 10.5 Å². The Balaban J connectivity index is 1.47. The number of nitro benzene ring substituents is 1. The highest BCUT2D eigenvalue weighted by Crippen LogP contribution is 2.40. The molecule has 1 heterocycles. The van der Waals surface area contributed by atoms with Gasteiger partial charge >= 0.3 is 0 Å². The highest BCUT2D eigenvalue weighted by molar-refractivity contribution is 7.99. The molecule has 1 amide bonds. The lowest BCUT2D eigenvalue weighted by Crippen LogP contribution is -2.24. The van der Waals surface area contributed by atoms with Crippen LogP contribution in [0.1, 0.15) is 50.3 Å². The van der Waals surface area contributed by atoms with Crippen molar-refractivity contribution in [2.45, 2.75) is 48.9 Å². The third-order valence-corrected chi connectivity index (χ3v) is 8.75. The van der Waals surface area contributed by atoms with Crippen LogP contribution in [0, 0.1) is 17.0 Å². The van der Waals surface area contributed by atoms with Crippen LogP contribution in [0.4, 0.5) is 10.7 Å². The van der Waals surface area contributed by atoms with Gasteiger partial charge in [-0.25, -0.2) is 4.99 Å². The molecule has 1 aliphatic carbocycles. The van der Waals surface area contributed by atoms with E-state index in [1.54, 1.807) is 29.7 Å². The maximum absolute atomic E-state index is 13.4. The fourth-order valence-electron chi connectivity index (χ4n) is 4.45. The molecule has 0 bridgehead atoms. The number of hydrogen-bond donors (Lipinski definition) is 1. The second-order valence-electron chi connectivity index (χ2n) is 9.21. The van der Waals surface area contributed by atoms with Gasteiger partial charge in [0, 0.05) is 45.1 Å². The van der Waals surface area contributed by atoms with Crippen LogP contribution >= 0.6 is 23.1 Å². The van der Waals surface area contributed by atoms with E-state index in [-0.39, 0.29) is 11.6 Å². The maximum Gasteiger partial charge on any atom is 0.270 e. The molecule has 0 atom stereocenters. The van der Waals surface area contributed by atoms with Crippen molar-refractivity contribution in [2.24, 2.45) is 4.99 Å². The summed E-state index contributed by atoms with van der Waals surface area (Å²) in [7, 11) is 0. The van der Waals surface area contributed by atoms with Gasteiger partial charge in [-0.3, -0.25) is 14.9 Å². The molecule has 0 spiro atoms. The number of amides is 1. The van der Waals surface area contributed by atoms with Crippen LogP contribution < -0.4 is 5.32 Å². The molecule has 0 saturated carbocycles. The fraction of sp³-hybridized carbons (Fsp3) is 0.200. The van der Waals surface area contributed by atoms with Crippen molar-refractivity contribution >= 4 is 45.9 Å². The van der Waals surface area contributed by atoms with Crippen LogP contribution in [0.5, 0.6) is 0 Å². The Bertz CT molecular complexity index is 1500. The van der Waals surface area contributed by atoms with Crippen molar-refractivity contribution in [3.63, 3.8) is 0 Å². The van der Waals surface area contributed by atoms with Crippen LogP contribution in [0.3, 0.4) is 0 Å². The van der Waals surface area contributed by atoms with Crippen molar-refractivity contribution in [1.82, 2.24) is 5.32 Å². The lowest BCUT2D eigenvalue weighted by Gasteiger charge is -2.13. The molecule has 0 radical (unpaired) electrons. The summed E-state index contributed by atoms with van der Waals surface area (Å²) in [5.41, 5.74) is 4.57. The average Bonchev–Trinajstić information content (AvgIpc) is 3.31. The third kappa shape index (κ3) is 6.03. The van der Waals surface area contributed by atoms with Gasteiger partial charge in [0.2, 0.25) is 0 Å². The summed E-state index contributed by atoms with van der Waals surface area (Å²) in [6.07, 6.45) is 5.62. The van der Waals surface area contributed by atoms with E-state index in [4.69, 9.17) is 4.99 Å². The summed E-state index contributed by atoms with van der Waals surface area (Å²) in [5, 5.41) is 15.2. The summed E-state index contributed by atoms with van der Waals surface area (Å²) in [5.74, 6) is -0.131. The molecule has 1 aromatic heterocycles. The van der Waals surface area contributed by atoms with Gasteiger partial charge in [-0.05, 0) is 61.9 Å². The zero-order valence-corrected chi connectivity index (χ0v) is 22.6. The quantitative estimate of drug-likeness (QED) is 0.141. The molecule has 1 N–H and O–H groups in total. The summed E-state index contributed by atoms with van der Waals surface area (Å²) in [6.45, 7) is 2.47. The number of hydrogen-bond acceptors (Lipinski definition) is 6. The molecule has 3 aromatic carbocycles. The Hall–Kier alpha value is -3.75. The van der Waals surface area contributed by atoms with Gasteiger partial charge in [-0.1, -0.05) is 59.8 Å². The first-order chi connectivity index (χ1) is 18.5. The molecule has 192 valence electrons. The molecule has 0 unspecified atom stereocenters. The number of carbonyl (C=O) groups is 1. The number of aryl methyl sites for hydroxylation is 2. The zero-order chi connectivity index (χ0) is 26.5. The number of non-ortho nitro benzene ring substituents is 1. The minimum absolute atomic E-state index is 0.00556. The molecule has 1 aliphatic rings. The van der Waals surface area contributed by atoms with Crippen molar-refractivity contribution in [1.29, 1.82) is 0 Å². The minimum Gasteiger partial charge on any atom is -0.348 e. The predicted octanol–water partition coefficient (Wildman–Crippen LogP) is 7.68. The normalized spacial score (nSPS) is 12.9. The molecule has 0 fully saturated rings. The van der Waals surface area contributed by atoms with E-state index in [0.29, 0.717) is 22.7 Å². The first-order valence-corrected chi connectivity index (χ1v) is 14.1. The van der Waals surface area contributed by atoms with Crippen LogP contribution in [-0.2, 0) is 19.4 Å². The molecule has 6 nitrogen and oxygen atoms in total. The Labute approximate surface area is 230 Å². The van der Waals surface area contributed by atoms with Gasteiger partial charge in [-0.15, -0.1) is 11.3 Å². The number of fused-ring (bicyclic) bond motifs is 1. The van der Waals surface area contributed by atoms with Crippen molar-refractivity contribution in [3.8, 4) is 0 Å². The van der Waals surface area contributed by atoms with E-state index in [2.05, 4.69) is 5.32 Å². The zero-order valence-electron chi connectivity index (χ0n) is 21.0. The number of benzene rings is 3. The lowest BCUT2D eigenvalue weighted by atomic mass is 9.95. The molecule has 8 heteroatoms. The van der Waals surface area contributed by atoms with Crippen LogP contribution in [0.15, 0.2) is 87.6 Å². The van der Waals surface area contributed by atoms with Crippen molar-refractivity contribution in [2.75, 3.05) is 0 Å². The summed E-state index contributed by atoms with van der Waals surface area (Å²) in [4.78, 5) is 32.4. The molecular formula is C30H27N3O3S2. The van der Waals surface area contributed by atoms with Gasteiger partial charge in [-0.2, -0.15) is 0 Å². The first-order valence-electron chi connectivity index (χ1n) is 12.5. The Kier molecular flexibility index (Phi) is 8.00. The maximum atomic E-state index is 13.4. The topological polar surface area (TPSA) is 84.6 Å². The average molecular weight is 542 g/mol. The number of thiophene rings is 1. The number of nitrogens with zero attached hydrogens (tertiary/aromatic N) is 2. The number of carbonyl (C=O) groups excluding carboxylic acids is 1. The fourth-order valence-corrected chi connectivity index (χ4v) is 6.57. The lowest BCUT2D eigenvalue weighted by molar-refractivity contribution is -0.384. The molecule has 4 aromatic rings. The number of nitrogens with one attached hydrogen (secondary N) is 1. The monoisotopic (exact) mass is 541 g/mol. The molecular weight excluding hydrogens is 514 g/mol. The summed E-state index contributed by atoms with van der Waals surface area (Å²) < 4.78 is 0. The SMILES string of the molecule is Cc1ccc(Sc2ccc([N+](=O)[O-])cc2C=Nc2sc3c(c2C(=O)NCc2ccccc2)CCCC3)cc1. The van der Waals surface area contributed by atoms with Crippen LogP contribution in [0.25, 0.3) is 0 Å². The Morgan fingerprint density at radius 3 is 2.61 bits per heavy atom. The smallest absolute Gasteiger partial charge is 0.270 e. The van der Waals surface area contributed by atoms with E-state index in [0.717, 1.165) is 46.6 Å². The number of rotatable bonds is 8. The minimum atomic E-state index is -0.399. The van der Waals surface area contributed by atoms with Crippen LogP contribution in [-0.4, -0.2) is 17.0 Å². The number of aliphatic imine (C=N–C) groups is 1. The molecule has 5 rings (SSSR count). The second-order valence-corrected chi connectivity index (χ2v) is 11.4. The van der Waals surface area contributed by atoms with E-state index in [9.17, 15) is 14.9 Å². The summed E-state index contributed by atoms with van der Waals surface area (Å²) in [6, 6.07) is 22.8. The van der Waals surface area contributed by atoms with Crippen molar-refractivity contribution < 1.29 is 9.72 Å². The molecule has 38 heavy (non-hydrogen) atoms. The van der Waals surface area contributed by atoms with Gasteiger partial charge in [0.1, 0.15) is 5.00 Å².